The topological polar surface area (TPSA) is 38.7 Å². The van der Waals surface area contributed by atoms with Crippen LogP contribution in [0.3, 0.4) is 0 Å². The Morgan fingerprint density at radius 2 is 0.776 bits per heavy atom. The van der Waals surface area contributed by atoms with E-state index in [1.54, 1.807) is 0 Å². The molecular formula is C55H33N3. The highest BCUT2D eigenvalue weighted by Gasteiger charge is 2.17. The zero-order valence-electron chi connectivity index (χ0n) is 31.4. The van der Waals surface area contributed by atoms with Gasteiger partial charge >= 0.3 is 0 Å². The van der Waals surface area contributed by atoms with Crippen molar-refractivity contribution in [2.45, 2.75) is 0 Å². The summed E-state index contributed by atoms with van der Waals surface area (Å²) in [5.74, 6) is 0. The Bertz CT molecular complexity index is 3610. The molecule has 0 atom stereocenters. The van der Waals surface area contributed by atoms with Crippen LogP contribution < -0.4 is 0 Å². The van der Waals surface area contributed by atoms with Crippen LogP contribution in [-0.2, 0) is 0 Å². The van der Waals surface area contributed by atoms with Crippen molar-refractivity contribution in [3.8, 4) is 44.9 Å². The lowest BCUT2D eigenvalue weighted by atomic mass is 9.91. The van der Waals surface area contributed by atoms with E-state index in [1.165, 1.54) is 37.7 Å². The van der Waals surface area contributed by atoms with E-state index in [4.69, 9.17) is 15.0 Å². The van der Waals surface area contributed by atoms with E-state index in [0.717, 1.165) is 83.0 Å². The second-order valence-electron chi connectivity index (χ2n) is 15.1. The molecule has 0 saturated carbocycles. The maximum atomic E-state index is 5.59. The van der Waals surface area contributed by atoms with Crippen LogP contribution >= 0.6 is 0 Å². The van der Waals surface area contributed by atoms with Gasteiger partial charge in [-0.3, -0.25) is 0 Å². The Kier molecular flexibility index (Phi) is 7.23. The fourth-order valence-corrected chi connectivity index (χ4v) is 8.92. The molecule has 0 radical (unpaired) electrons. The van der Waals surface area contributed by atoms with Gasteiger partial charge in [0.15, 0.2) is 0 Å². The predicted octanol–water partition coefficient (Wildman–Crippen LogP) is 14.6. The Hall–Kier alpha value is -7.75. The fourth-order valence-electron chi connectivity index (χ4n) is 8.92. The summed E-state index contributed by atoms with van der Waals surface area (Å²) in [6.45, 7) is 0. The Morgan fingerprint density at radius 1 is 0.259 bits per heavy atom. The molecular weight excluding hydrogens is 703 g/mol. The van der Waals surface area contributed by atoms with E-state index in [9.17, 15) is 0 Å². The van der Waals surface area contributed by atoms with E-state index in [2.05, 4.69) is 182 Å². The summed E-state index contributed by atoms with van der Waals surface area (Å²) in [5, 5.41) is 13.1. The van der Waals surface area contributed by atoms with Crippen molar-refractivity contribution in [1.29, 1.82) is 0 Å². The van der Waals surface area contributed by atoms with E-state index >= 15 is 0 Å². The average molecular weight is 736 g/mol. The molecule has 0 spiro atoms. The molecule has 3 aromatic heterocycles. The second-order valence-corrected chi connectivity index (χ2v) is 15.1. The summed E-state index contributed by atoms with van der Waals surface area (Å²) in [5.41, 5.74) is 11.1. The smallest absolute Gasteiger partial charge is 0.0972 e. The van der Waals surface area contributed by atoms with Gasteiger partial charge in [-0.2, -0.15) is 0 Å². The number of rotatable bonds is 4. The van der Waals surface area contributed by atoms with Gasteiger partial charge in [0, 0.05) is 49.2 Å². The second kappa shape index (κ2) is 12.9. The molecule has 0 saturated heterocycles. The van der Waals surface area contributed by atoms with Crippen LogP contribution in [0, 0.1) is 0 Å². The first-order chi connectivity index (χ1) is 28.7. The molecule has 0 aliphatic heterocycles. The standard InChI is InChI=1S/C55H33N3/c1-2-11-37(12-3-1)49-31-28-40-24-25-41-29-32-50(57-54(41)53(40)56-49)38-20-22-39(23-21-38)52-47-30-27-35-10-5-7-14-44(35)51(47)46-16-8-15-45(55(46)58-52)42-26-19-36-18-17-34-9-4-6-13-43(34)48(36)33-42/h1-33H. The molecule has 12 rings (SSSR count). The third-order valence-corrected chi connectivity index (χ3v) is 11.8. The minimum atomic E-state index is 0.903. The minimum absolute atomic E-state index is 0.903. The SMILES string of the molecule is c1ccc(-c2ccc3ccc4ccc(-c5ccc(-c6nc7c(-c8ccc9ccc%10ccccc%10c9c8)cccc7c7c6ccc6ccccc67)cc5)nc4c3n2)cc1. The molecule has 3 nitrogen and oxygen atoms in total. The lowest BCUT2D eigenvalue weighted by Crippen LogP contribution is -1.94. The monoisotopic (exact) mass is 735 g/mol. The van der Waals surface area contributed by atoms with Gasteiger partial charge in [0.25, 0.3) is 0 Å². The van der Waals surface area contributed by atoms with E-state index < -0.39 is 0 Å². The maximum Gasteiger partial charge on any atom is 0.0972 e. The number of benzene rings is 9. The van der Waals surface area contributed by atoms with E-state index in [0.29, 0.717) is 0 Å². The van der Waals surface area contributed by atoms with Crippen molar-refractivity contribution in [2.75, 3.05) is 0 Å². The van der Waals surface area contributed by atoms with Crippen molar-refractivity contribution in [3.05, 3.63) is 200 Å². The quantitative estimate of drug-likeness (QED) is 0.169. The van der Waals surface area contributed by atoms with Crippen LogP contribution in [0.25, 0.3) is 121 Å². The van der Waals surface area contributed by atoms with E-state index in [-0.39, 0.29) is 0 Å². The van der Waals surface area contributed by atoms with Gasteiger partial charge in [-0.1, -0.05) is 182 Å². The van der Waals surface area contributed by atoms with Crippen LogP contribution in [0.15, 0.2) is 200 Å². The number of fused-ring (bicyclic) bond motifs is 11. The molecule has 0 fully saturated rings. The summed E-state index contributed by atoms with van der Waals surface area (Å²) in [6.07, 6.45) is 0. The zero-order valence-corrected chi connectivity index (χ0v) is 31.4. The lowest BCUT2D eigenvalue weighted by molar-refractivity contribution is 1.36. The summed E-state index contributed by atoms with van der Waals surface area (Å²) >= 11 is 0. The first-order valence-electron chi connectivity index (χ1n) is 19.8. The van der Waals surface area contributed by atoms with Crippen molar-refractivity contribution in [2.24, 2.45) is 0 Å². The molecule has 3 heterocycles. The number of hydrogen-bond donors (Lipinski definition) is 0. The van der Waals surface area contributed by atoms with Crippen molar-refractivity contribution < 1.29 is 0 Å². The lowest BCUT2D eigenvalue weighted by Gasteiger charge is -2.16. The first-order valence-corrected chi connectivity index (χ1v) is 19.8. The van der Waals surface area contributed by atoms with Crippen LogP contribution in [0.5, 0.6) is 0 Å². The summed E-state index contributed by atoms with van der Waals surface area (Å²) in [4.78, 5) is 16.0. The van der Waals surface area contributed by atoms with Gasteiger partial charge in [-0.05, 0) is 56.1 Å². The highest BCUT2D eigenvalue weighted by Crippen LogP contribution is 2.41. The highest BCUT2D eigenvalue weighted by molar-refractivity contribution is 6.24. The molecule has 58 heavy (non-hydrogen) atoms. The number of hydrogen-bond acceptors (Lipinski definition) is 3. The Balaban J connectivity index is 1.03. The van der Waals surface area contributed by atoms with E-state index in [1.807, 2.05) is 18.2 Å². The fraction of sp³-hybridized carbons (Fsp3) is 0. The van der Waals surface area contributed by atoms with Crippen LogP contribution in [0.4, 0.5) is 0 Å². The average Bonchev–Trinajstić information content (AvgIpc) is 3.30. The number of para-hydroxylation sites is 1. The zero-order chi connectivity index (χ0) is 38.2. The molecule has 268 valence electrons. The third kappa shape index (κ3) is 5.18. The third-order valence-electron chi connectivity index (χ3n) is 11.8. The molecule has 0 unspecified atom stereocenters. The van der Waals surface area contributed by atoms with Gasteiger partial charge in [-0.25, -0.2) is 15.0 Å². The normalized spacial score (nSPS) is 11.8. The molecule has 9 aromatic carbocycles. The first kappa shape index (κ1) is 32.5. The molecule has 0 aliphatic carbocycles. The summed E-state index contributed by atoms with van der Waals surface area (Å²) < 4.78 is 0. The van der Waals surface area contributed by atoms with Gasteiger partial charge < -0.3 is 0 Å². The molecule has 12 aromatic rings. The molecule has 0 N–H and O–H groups in total. The van der Waals surface area contributed by atoms with Gasteiger partial charge in [0.2, 0.25) is 0 Å². The summed E-state index contributed by atoms with van der Waals surface area (Å²) in [7, 11) is 0. The molecule has 0 aliphatic rings. The molecule has 3 heteroatoms. The number of aromatic nitrogens is 3. The van der Waals surface area contributed by atoms with Crippen LogP contribution in [0.1, 0.15) is 0 Å². The largest absolute Gasteiger partial charge is 0.246 e. The van der Waals surface area contributed by atoms with Crippen molar-refractivity contribution >= 4 is 75.8 Å². The van der Waals surface area contributed by atoms with Gasteiger partial charge in [-0.15, -0.1) is 0 Å². The van der Waals surface area contributed by atoms with Gasteiger partial charge in [0.05, 0.1) is 33.6 Å². The number of pyridine rings is 3. The molecule has 0 amide bonds. The molecule has 0 bridgehead atoms. The Labute approximate surface area is 334 Å². The number of nitrogens with zero attached hydrogens (tertiary/aromatic N) is 3. The van der Waals surface area contributed by atoms with Crippen LogP contribution in [-0.4, -0.2) is 15.0 Å². The Morgan fingerprint density at radius 3 is 1.52 bits per heavy atom. The maximum absolute atomic E-state index is 5.59. The summed E-state index contributed by atoms with van der Waals surface area (Å²) in [6, 6.07) is 71.5. The van der Waals surface area contributed by atoms with Gasteiger partial charge in [0.1, 0.15) is 0 Å². The van der Waals surface area contributed by atoms with Crippen molar-refractivity contribution in [1.82, 2.24) is 15.0 Å². The highest BCUT2D eigenvalue weighted by atomic mass is 14.8. The minimum Gasteiger partial charge on any atom is -0.246 e. The van der Waals surface area contributed by atoms with Crippen LogP contribution in [0.2, 0.25) is 0 Å². The van der Waals surface area contributed by atoms with Crippen molar-refractivity contribution in [3.63, 3.8) is 0 Å². The predicted molar refractivity (Wildman–Crippen MR) is 244 cm³/mol.